The third kappa shape index (κ3) is 2.10. The van der Waals surface area contributed by atoms with Crippen molar-refractivity contribution in [1.82, 2.24) is 0 Å². The molecule has 23 heavy (non-hydrogen) atoms. The van der Waals surface area contributed by atoms with E-state index in [-0.39, 0.29) is 11.5 Å². The summed E-state index contributed by atoms with van der Waals surface area (Å²) in [7, 11) is 0. The van der Waals surface area contributed by atoms with Crippen LogP contribution in [0.2, 0.25) is 0 Å². The van der Waals surface area contributed by atoms with Crippen LogP contribution in [0.5, 0.6) is 0 Å². The maximum atomic E-state index is 12.4. The first kappa shape index (κ1) is 15.5. The minimum absolute atomic E-state index is 0.00727. The zero-order valence-electron chi connectivity index (χ0n) is 14.5. The number of rotatable bonds is 1. The summed E-state index contributed by atoms with van der Waals surface area (Å²) in [6.07, 6.45) is 10.2. The van der Waals surface area contributed by atoms with Gasteiger partial charge in [0.1, 0.15) is 5.78 Å². The van der Waals surface area contributed by atoms with E-state index in [1.807, 2.05) is 0 Å². The van der Waals surface area contributed by atoms with E-state index >= 15 is 0 Å². The van der Waals surface area contributed by atoms with Gasteiger partial charge >= 0.3 is 0 Å². The number of nitrogens with zero attached hydrogens (tertiary/aromatic N) is 3. The fourth-order valence-corrected chi connectivity index (χ4v) is 7.18. The molecular formula is C19H29N3O. The molecule has 4 saturated carbocycles. The van der Waals surface area contributed by atoms with Crippen LogP contribution >= 0.6 is 0 Å². The smallest absolute Gasteiger partial charge is 0.139 e. The van der Waals surface area contributed by atoms with E-state index in [1.165, 1.54) is 25.7 Å². The van der Waals surface area contributed by atoms with Gasteiger partial charge in [-0.15, -0.1) is 0 Å². The predicted molar refractivity (Wildman–Crippen MR) is 89.7 cm³/mol. The largest absolute Gasteiger partial charge is 0.299 e. The molecule has 126 valence electrons. The van der Waals surface area contributed by atoms with E-state index in [0.29, 0.717) is 17.1 Å². The Bertz CT molecular complexity index is 569. The highest BCUT2D eigenvalue weighted by Gasteiger charge is 2.60. The molecule has 0 N–H and O–H groups in total. The molecule has 4 fully saturated rings. The number of hydrogen-bond acceptors (Lipinski definition) is 2. The summed E-state index contributed by atoms with van der Waals surface area (Å²) in [5, 5.41) is 4.02. The van der Waals surface area contributed by atoms with Gasteiger partial charge in [0.25, 0.3) is 0 Å². The highest BCUT2D eigenvalue weighted by atomic mass is 16.1. The molecule has 4 aliphatic rings. The van der Waals surface area contributed by atoms with Gasteiger partial charge in [-0.1, -0.05) is 19.0 Å². The molecule has 7 unspecified atom stereocenters. The maximum absolute atomic E-state index is 12.4. The quantitative estimate of drug-likeness (QED) is 0.369. The van der Waals surface area contributed by atoms with Crippen molar-refractivity contribution in [2.24, 2.45) is 39.6 Å². The van der Waals surface area contributed by atoms with Crippen LogP contribution in [0.4, 0.5) is 0 Å². The predicted octanol–water partition coefficient (Wildman–Crippen LogP) is 5.28. The summed E-state index contributed by atoms with van der Waals surface area (Å²) in [5.41, 5.74) is 9.16. The zero-order valence-corrected chi connectivity index (χ0v) is 14.5. The maximum Gasteiger partial charge on any atom is 0.139 e. The summed E-state index contributed by atoms with van der Waals surface area (Å²) in [4.78, 5) is 15.5. The summed E-state index contributed by atoms with van der Waals surface area (Å²) in [6.45, 7) is 4.77. The lowest BCUT2D eigenvalue weighted by Crippen LogP contribution is -2.53. The van der Waals surface area contributed by atoms with Crippen molar-refractivity contribution in [3.63, 3.8) is 0 Å². The third-order valence-electron chi connectivity index (χ3n) is 8.56. The van der Waals surface area contributed by atoms with Gasteiger partial charge in [0.15, 0.2) is 0 Å². The molecular weight excluding hydrogens is 286 g/mol. The Kier molecular flexibility index (Phi) is 3.53. The second-order valence-electron chi connectivity index (χ2n) is 9.21. The molecule has 0 aromatic carbocycles. The normalized spacial score (nSPS) is 52.1. The van der Waals surface area contributed by atoms with Gasteiger partial charge in [0.05, 0.1) is 0 Å². The Balaban J connectivity index is 1.59. The highest BCUT2D eigenvalue weighted by molar-refractivity contribution is 5.87. The molecule has 0 aliphatic heterocycles. The fraction of sp³-hybridized carbons (Fsp3) is 0.947. The number of carbonyl (C=O) groups excluding carboxylic acids is 1. The molecule has 7 atom stereocenters. The number of hydrogen-bond donors (Lipinski definition) is 0. The lowest BCUT2D eigenvalue weighted by atomic mass is 9.45. The Labute approximate surface area is 139 Å². The van der Waals surface area contributed by atoms with Crippen LogP contribution in [-0.2, 0) is 4.79 Å². The van der Waals surface area contributed by atoms with Gasteiger partial charge in [-0.2, -0.15) is 0 Å². The number of ketones is 1. The Hall–Kier alpha value is -1.02. The standard InChI is InChI=1S/C19H29N3O/c1-18-9-7-13(21-22-20)11-12(18)3-4-14-15-5-6-17(23)19(15,2)10-8-16(14)18/h12-16H,3-11H2,1-2H3. The van der Waals surface area contributed by atoms with E-state index in [9.17, 15) is 4.79 Å². The van der Waals surface area contributed by atoms with Crippen LogP contribution in [0.25, 0.3) is 10.4 Å². The number of carbonyl (C=O) groups is 1. The third-order valence-corrected chi connectivity index (χ3v) is 8.56. The first-order valence-electron chi connectivity index (χ1n) is 9.56. The van der Waals surface area contributed by atoms with Crippen LogP contribution in [0.15, 0.2) is 5.11 Å². The summed E-state index contributed by atoms with van der Waals surface area (Å²) >= 11 is 0. The monoisotopic (exact) mass is 315 g/mol. The van der Waals surface area contributed by atoms with E-state index in [1.54, 1.807) is 0 Å². The zero-order chi connectivity index (χ0) is 16.2. The molecule has 0 heterocycles. The van der Waals surface area contributed by atoms with Crippen molar-refractivity contribution in [1.29, 1.82) is 0 Å². The van der Waals surface area contributed by atoms with Crippen LogP contribution in [0, 0.1) is 34.5 Å². The fourth-order valence-electron chi connectivity index (χ4n) is 7.18. The van der Waals surface area contributed by atoms with Crippen LogP contribution < -0.4 is 0 Å². The van der Waals surface area contributed by atoms with Gasteiger partial charge in [-0.05, 0) is 86.0 Å². The van der Waals surface area contributed by atoms with Gasteiger partial charge in [-0.25, -0.2) is 0 Å². The van der Waals surface area contributed by atoms with Crippen LogP contribution in [0.3, 0.4) is 0 Å². The van der Waals surface area contributed by atoms with Gasteiger partial charge in [-0.3, -0.25) is 4.79 Å². The number of azide groups is 1. The van der Waals surface area contributed by atoms with Gasteiger partial charge in [0, 0.05) is 22.8 Å². The average molecular weight is 315 g/mol. The molecule has 0 bridgehead atoms. The highest BCUT2D eigenvalue weighted by Crippen LogP contribution is 2.65. The van der Waals surface area contributed by atoms with Gasteiger partial charge < -0.3 is 0 Å². The van der Waals surface area contributed by atoms with E-state index < -0.39 is 0 Å². The van der Waals surface area contributed by atoms with Crippen LogP contribution in [0.1, 0.15) is 71.6 Å². The lowest BCUT2D eigenvalue weighted by molar-refractivity contribution is -0.139. The van der Waals surface area contributed by atoms with E-state index in [2.05, 4.69) is 23.9 Å². The summed E-state index contributed by atoms with van der Waals surface area (Å²) in [6, 6.07) is 0.219. The number of Topliss-reactive ketones (excluding diaryl/α,β-unsaturated/α-hetero) is 1. The summed E-state index contributed by atoms with van der Waals surface area (Å²) in [5.74, 6) is 3.45. The second-order valence-corrected chi connectivity index (χ2v) is 9.21. The first-order valence-corrected chi connectivity index (χ1v) is 9.56. The molecule has 0 saturated heterocycles. The minimum atomic E-state index is -0.00727. The van der Waals surface area contributed by atoms with Gasteiger partial charge in [0.2, 0.25) is 0 Å². The SMILES string of the molecule is CC12CCC3C(CCC4CC(N=[N+]=[N-])CCC43C)C1CCC2=O. The Morgan fingerprint density at radius 1 is 1.09 bits per heavy atom. The molecule has 0 radical (unpaired) electrons. The Morgan fingerprint density at radius 2 is 1.91 bits per heavy atom. The molecule has 4 aliphatic carbocycles. The van der Waals surface area contributed by atoms with Crippen molar-refractivity contribution in [2.75, 3.05) is 0 Å². The van der Waals surface area contributed by atoms with Crippen molar-refractivity contribution in [2.45, 2.75) is 77.7 Å². The molecule has 4 nitrogen and oxygen atoms in total. The summed E-state index contributed by atoms with van der Waals surface area (Å²) < 4.78 is 0. The minimum Gasteiger partial charge on any atom is -0.299 e. The first-order chi connectivity index (χ1) is 11.0. The number of fused-ring (bicyclic) bond motifs is 5. The second kappa shape index (κ2) is 5.24. The molecule has 0 amide bonds. The van der Waals surface area contributed by atoms with Crippen molar-refractivity contribution >= 4 is 5.78 Å². The molecule has 4 heteroatoms. The molecule has 0 spiro atoms. The topological polar surface area (TPSA) is 65.8 Å². The Morgan fingerprint density at radius 3 is 2.70 bits per heavy atom. The van der Waals surface area contributed by atoms with Crippen LogP contribution in [-0.4, -0.2) is 11.8 Å². The van der Waals surface area contributed by atoms with Crippen molar-refractivity contribution in [3.05, 3.63) is 10.4 Å². The van der Waals surface area contributed by atoms with E-state index in [0.717, 1.165) is 49.9 Å². The average Bonchev–Trinajstić information content (AvgIpc) is 2.84. The van der Waals surface area contributed by atoms with Crippen molar-refractivity contribution < 1.29 is 4.79 Å². The van der Waals surface area contributed by atoms with E-state index in [4.69, 9.17) is 5.53 Å². The molecule has 0 aromatic rings. The van der Waals surface area contributed by atoms with Crippen molar-refractivity contribution in [3.8, 4) is 0 Å². The molecule has 4 rings (SSSR count). The lowest BCUT2D eigenvalue weighted by Gasteiger charge is -2.60. The molecule has 0 aromatic heterocycles.